The minimum atomic E-state index is -3.30. The van der Waals surface area contributed by atoms with E-state index in [0.717, 1.165) is 18.4 Å². The number of ether oxygens (including phenoxy) is 1. The van der Waals surface area contributed by atoms with Crippen molar-refractivity contribution < 1.29 is 13.2 Å². The highest BCUT2D eigenvalue weighted by atomic mass is 32.2. The molecule has 0 amide bonds. The lowest BCUT2D eigenvalue weighted by atomic mass is 10.2. The summed E-state index contributed by atoms with van der Waals surface area (Å²) in [6.45, 7) is 1.26. The fraction of sp³-hybridized carbons (Fsp3) is 0.500. The minimum Gasteiger partial charge on any atom is -0.377 e. The van der Waals surface area contributed by atoms with Gasteiger partial charge in [-0.2, -0.15) is 0 Å². The van der Waals surface area contributed by atoms with Crippen molar-refractivity contribution in [1.82, 2.24) is 0 Å². The molecule has 0 spiro atoms. The van der Waals surface area contributed by atoms with Gasteiger partial charge in [-0.15, -0.1) is 0 Å². The Balaban J connectivity index is 1.99. The number of rotatable bonds is 8. The standard InChI is InChI=1S/C12H19NO3S/c13-17(14,15)10-6-2-5-9-16-11-12-7-3-1-4-8-12/h1,3-4,7-8H,2,5-6,9-11H2,(H2,13,14,15). The van der Waals surface area contributed by atoms with Gasteiger partial charge in [0.05, 0.1) is 12.4 Å². The Labute approximate surface area is 103 Å². The van der Waals surface area contributed by atoms with E-state index in [4.69, 9.17) is 9.88 Å². The molecule has 96 valence electrons. The number of hydrogen-bond donors (Lipinski definition) is 1. The zero-order valence-corrected chi connectivity index (χ0v) is 10.7. The molecule has 0 heterocycles. The van der Waals surface area contributed by atoms with Crippen molar-refractivity contribution in [2.24, 2.45) is 5.14 Å². The Bertz CT molecular complexity index is 403. The summed E-state index contributed by atoms with van der Waals surface area (Å²) >= 11 is 0. The molecule has 0 bridgehead atoms. The molecule has 2 N–H and O–H groups in total. The van der Waals surface area contributed by atoms with E-state index in [1.54, 1.807) is 0 Å². The van der Waals surface area contributed by atoms with Crippen molar-refractivity contribution in [2.75, 3.05) is 12.4 Å². The number of sulfonamides is 1. The van der Waals surface area contributed by atoms with Crippen LogP contribution in [-0.2, 0) is 21.4 Å². The first-order chi connectivity index (χ1) is 8.08. The minimum absolute atomic E-state index is 0.0612. The summed E-state index contributed by atoms with van der Waals surface area (Å²) in [6, 6.07) is 9.95. The summed E-state index contributed by atoms with van der Waals surface area (Å²) in [4.78, 5) is 0. The molecule has 0 saturated heterocycles. The van der Waals surface area contributed by atoms with Crippen LogP contribution in [0.3, 0.4) is 0 Å². The van der Waals surface area contributed by atoms with Gasteiger partial charge in [0.15, 0.2) is 0 Å². The number of unbranched alkanes of at least 4 members (excludes halogenated alkanes) is 2. The molecule has 5 heteroatoms. The first-order valence-corrected chi connectivity index (χ1v) is 7.41. The Morgan fingerprint density at radius 1 is 1.06 bits per heavy atom. The Kier molecular flexibility index (Phi) is 6.18. The maximum absolute atomic E-state index is 10.7. The molecular weight excluding hydrogens is 238 g/mol. The smallest absolute Gasteiger partial charge is 0.209 e. The zero-order valence-electron chi connectivity index (χ0n) is 9.84. The number of hydrogen-bond acceptors (Lipinski definition) is 3. The predicted molar refractivity (Wildman–Crippen MR) is 67.9 cm³/mol. The van der Waals surface area contributed by atoms with Crippen molar-refractivity contribution in [2.45, 2.75) is 25.9 Å². The van der Waals surface area contributed by atoms with Crippen LogP contribution in [0, 0.1) is 0 Å². The lowest BCUT2D eigenvalue weighted by Gasteiger charge is -2.04. The first kappa shape index (κ1) is 14.2. The van der Waals surface area contributed by atoms with Gasteiger partial charge >= 0.3 is 0 Å². The second kappa shape index (κ2) is 7.42. The van der Waals surface area contributed by atoms with Gasteiger partial charge in [0.1, 0.15) is 0 Å². The third kappa shape index (κ3) is 7.90. The topological polar surface area (TPSA) is 69.4 Å². The summed E-state index contributed by atoms with van der Waals surface area (Å²) < 4.78 is 26.8. The molecule has 1 rings (SSSR count). The highest BCUT2D eigenvalue weighted by Crippen LogP contribution is 2.03. The van der Waals surface area contributed by atoms with E-state index in [0.29, 0.717) is 19.6 Å². The van der Waals surface area contributed by atoms with Gasteiger partial charge in [0.2, 0.25) is 10.0 Å². The van der Waals surface area contributed by atoms with E-state index in [1.807, 2.05) is 30.3 Å². The second-order valence-corrected chi connectivity index (χ2v) is 5.70. The molecule has 0 aliphatic rings. The van der Waals surface area contributed by atoms with Gasteiger partial charge in [0.25, 0.3) is 0 Å². The zero-order chi connectivity index (χ0) is 12.6. The molecule has 0 saturated carbocycles. The molecule has 4 nitrogen and oxygen atoms in total. The van der Waals surface area contributed by atoms with Gasteiger partial charge in [-0.1, -0.05) is 36.8 Å². The normalized spacial score (nSPS) is 11.6. The molecule has 0 atom stereocenters. The molecule has 0 radical (unpaired) electrons. The first-order valence-electron chi connectivity index (χ1n) is 5.70. The van der Waals surface area contributed by atoms with Crippen LogP contribution < -0.4 is 5.14 Å². The van der Waals surface area contributed by atoms with Crippen LogP contribution in [0.4, 0.5) is 0 Å². The second-order valence-electron chi connectivity index (χ2n) is 3.97. The number of nitrogens with two attached hydrogens (primary N) is 1. The fourth-order valence-corrected chi connectivity index (χ4v) is 2.05. The molecular formula is C12H19NO3S. The molecule has 0 fully saturated rings. The van der Waals surface area contributed by atoms with Crippen LogP contribution >= 0.6 is 0 Å². The highest BCUT2D eigenvalue weighted by molar-refractivity contribution is 7.89. The van der Waals surface area contributed by atoms with Gasteiger partial charge in [-0.25, -0.2) is 13.6 Å². The van der Waals surface area contributed by atoms with Crippen molar-refractivity contribution in [1.29, 1.82) is 0 Å². The average Bonchev–Trinajstić information content (AvgIpc) is 2.28. The van der Waals surface area contributed by atoms with E-state index < -0.39 is 10.0 Å². The number of primary sulfonamides is 1. The SMILES string of the molecule is NS(=O)(=O)CCCCCOCc1ccccc1. The number of benzene rings is 1. The maximum Gasteiger partial charge on any atom is 0.209 e. The summed E-state index contributed by atoms with van der Waals surface area (Å²) in [6.07, 6.45) is 2.29. The molecule has 0 aliphatic heterocycles. The van der Waals surface area contributed by atoms with Gasteiger partial charge in [-0.3, -0.25) is 0 Å². The summed E-state index contributed by atoms with van der Waals surface area (Å²) in [7, 11) is -3.30. The predicted octanol–water partition coefficient (Wildman–Crippen LogP) is 1.66. The largest absolute Gasteiger partial charge is 0.377 e. The van der Waals surface area contributed by atoms with Crippen molar-refractivity contribution in [3.8, 4) is 0 Å². The van der Waals surface area contributed by atoms with Crippen molar-refractivity contribution in [3.05, 3.63) is 35.9 Å². The van der Waals surface area contributed by atoms with E-state index in [2.05, 4.69) is 0 Å². The summed E-state index contributed by atoms with van der Waals surface area (Å²) in [5.41, 5.74) is 1.15. The van der Waals surface area contributed by atoms with Crippen LogP contribution in [0.5, 0.6) is 0 Å². The quantitative estimate of drug-likeness (QED) is 0.720. The van der Waals surface area contributed by atoms with Gasteiger partial charge in [0, 0.05) is 6.61 Å². The fourth-order valence-electron chi connectivity index (χ4n) is 1.45. The average molecular weight is 257 g/mol. The molecule has 0 aromatic heterocycles. The third-order valence-corrected chi connectivity index (χ3v) is 3.19. The van der Waals surface area contributed by atoms with Crippen LogP contribution in [0.2, 0.25) is 0 Å². The summed E-state index contributed by atoms with van der Waals surface area (Å²) in [5, 5.41) is 4.89. The van der Waals surface area contributed by atoms with E-state index in [1.165, 1.54) is 0 Å². The Morgan fingerprint density at radius 3 is 2.41 bits per heavy atom. The molecule has 1 aromatic rings. The van der Waals surface area contributed by atoms with Crippen molar-refractivity contribution >= 4 is 10.0 Å². The highest BCUT2D eigenvalue weighted by Gasteiger charge is 2.01. The molecule has 17 heavy (non-hydrogen) atoms. The van der Waals surface area contributed by atoms with Crippen LogP contribution in [-0.4, -0.2) is 20.8 Å². The van der Waals surface area contributed by atoms with Crippen LogP contribution in [0.1, 0.15) is 24.8 Å². The van der Waals surface area contributed by atoms with Crippen LogP contribution in [0.15, 0.2) is 30.3 Å². The Morgan fingerprint density at radius 2 is 1.76 bits per heavy atom. The molecule has 0 aliphatic carbocycles. The molecule has 0 unspecified atom stereocenters. The van der Waals surface area contributed by atoms with Crippen molar-refractivity contribution in [3.63, 3.8) is 0 Å². The van der Waals surface area contributed by atoms with Gasteiger partial charge < -0.3 is 4.74 Å². The maximum atomic E-state index is 10.7. The Hall–Kier alpha value is -0.910. The molecule has 1 aromatic carbocycles. The lowest BCUT2D eigenvalue weighted by Crippen LogP contribution is -2.16. The van der Waals surface area contributed by atoms with E-state index in [-0.39, 0.29) is 5.75 Å². The van der Waals surface area contributed by atoms with E-state index in [9.17, 15) is 8.42 Å². The summed E-state index contributed by atoms with van der Waals surface area (Å²) in [5.74, 6) is 0.0612. The monoisotopic (exact) mass is 257 g/mol. The van der Waals surface area contributed by atoms with Crippen LogP contribution in [0.25, 0.3) is 0 Å². The van der Waals surface area contributed by atoms with Gasteiger partial charge in [-0.05, 0) is 18.4 Å². The third-order valence-electron chi connectivity index (χ3n) is 2.33. The van der Waals surface area contributed by atoms with E-state index >= 15 is 0 Å². The lowest BCUT2D eigenvalue weighted by molar-refractivity contribution is 0.117.